The van der Waals surface area contributed by atoms with Crippen LogP contribution < -0.4 is 4.74 Å². The normalized spacial score (nSPS) is 14.3. The Morgan fingerprint density at radius 3 is 2.00 bits per heavy atom. The third-order valence-electron chi connectivity index (χ3n) is 4.59. The first-order chi connectivity index (χ1) is 13.4. The van der Waals surface area contributed by atoms with Crippen molar-refractivity contribution in [1.82, 2.24) is 9.80 Å². The molecule has 6 heteroatoms. The molecule has 3 rings (SSSR count). The molecule has 1 aliphatic rings. The number of ether oxygens (including phenoxy) is 1. The third kappa shape index (κ3) is 4.88. The van der Waals surface area contributed by atoms with Crippen LogP contribution in [-0.2, 0) is 0 Å². The highest BCUT2D eigenvalue weighted by atomic mass is 19.1. The van der Waals surface area contributed by atoms with Gasteiger partial charge in [0.15, 0.2) is 0 Å². The van der Waals surface area contributed by atoms with Gasteiger partial charge >= 0.3 is 0 Å². The van der Waals surface area contributed by atoms with Gasteiger partial charge < -0.3 is 14.5 Å². The van der Waals surface area contributed by atoms with Crippen molar-refractivity contribution >= 4 is 11.8 Å². The second kappa shape index (κ2) is 8.87. The summed E-state index contributed by atoms with van der Waals surface area (Å²) in [4.78, 5) is 28.7. The SMILES string of the molecule is CC(C)COc1cccc(C(=O)N2CCN(C(=O)c3cccc(F)c3)CC2)c1. The maximum absolute atomic E-state index is 13.3. The van der Waals surface area contributed by atoms with Crippen LogP contribution in [0.5, 0.6) is 5.75 Å². The van der Waals surface area contributed by atoms with E-state index in [-0.39, 0.29) is 11.8 Å². The van der Waals surface area contributed by atoms with Crippen molar-refractivity contribution in [2.45, 2.75) is 13.8 Å². The van der Waals surface area contributed by atoms with E-state index >= 15 is 0 Å². The lowest BCUT2D eigenvalue weighted by atomic mass is 10.1. The van der Waals surface area contributed by atoms with Crippen LogP contribution >= 0.6 is 0 Å². The molecule has 2 aromatic rings. The molecule has 0 bridgehead atoms. The van der Waals surface area contributed by atoms with Gasteiger partial charge in [-0.25, -0.2) is 4.39 Å². The van der Waals surface area contributed by atoms with Crippen LogP contribution in [0.15, 0.2) is 48.5 Å². The number of carbonyl (C=O) groups is 2. The molecular weight excluding hydrogens is 359 g/mol. The van der Waals surface area contributed by atoms with Crippen LogP contribution in [-0.4, -0.2) is 54.4 Å². The fourth-order valence-electron chi connectivity index (χ4n) is 3.08. The Morgan fingerprint density at radius 2 is 1.46 bits per heavy atom. The standard InChI is InChI=1S/C22H25FN2O3/c1-16(2)15-28-20-8-4-6-18(14-20)22(27)25-11-9-24(10-12-25)21(26)17-5-3-7-19(23)13-17/h3-8,13-14,16H,9-12,15H2,1-2H3. The van der Waals surface area contributed by atoms with E-state index < -0.39 is 5.82 Å². The summed E-state index contributed by atoms with van der Waals surface area (Å²) in [5, 5.41) is 0. The monoisotopic (exact) mass is 384 g/mol. The van der Waals surface area contributed by atoms with Crippen molar-refractivity contribution in [3.63, 3.8) is 0 Å². The minimum atomic E-state index is -0.431. The zero-order valence-electron chi connectivity index (χ0n) is 16.2. The molecule has 0 saturated carbocycles. The Kier molecular flexibility index (Phi) is 6.29. The molecule has 2 aromatic carbocycles. The van der Waals surface area contributed by atoms with Crippen LogP contribution in [0.4, 0.5) is 4.39 Å². The molecule has 0 aliphatic carbocycles. The molecule has 1 fully saturated rings. The van der Waals surface area contributed by atoms with Crippen molar-refractivity contribution in [1.29, 1.82) is 0 Å². The maximum atomic E-state index is 13.3. The topological polar surface area (TPSA) is 49.9 Å². The van der Waals surface area contributed by atoms with Crippen molar-refractivity contribution < 1.29 is 18.7 Å². The molecule has 0 spiro atoms. The van der Waals surface area contributed by atoms with Gasteiger partial charge in [0, 0.05) is 37.3 Å². The van der Waals surface area contributed by atoms with Gasteiger partial charge in [-0.05, 0) is 42.3 Å². The van der Waals surface area contributed by atoms with Crippen molar-refractivity contribution in [3.05, 3.63) is 65.5 Å². The first kappa shape index (κ1) is 19.9. The molecule has 0 aromatic heterocycles. The zero-order chi connectivity index (χ0) is 20.1. The fraction of sp³-hybridized carbons (Fsp3) is 0.364. The van der Waals surface area contributed by atoms with Gasteiger partial charge in [-0.3, -0.25) is 9.59 Å². The fourth-order valence-corrected chi connectivity index (χ4v) is 3.08. The lowest BCUT2D eigenvalue weighted by Gasteiger charge is -2.35. The molecule has 0 radical (unpaired) electrons. The smallest absolute Gasteiger partial charge is 0.254 e. The number of hydrogen-bond acceptors (Lipinski definition) is 3. The summed E-state index contributed by atoms with van der Waals surface area (Å²) in [6.45, 7) is 6.46. The summed E-state index contributed by atoms with van der Waals surface area (Å²) < 4.78 is 19.0. The van der Waals surface area contributed by atoms with E-state index in [0.29, 0.717) is 55.6 Å². The van der Waals surface area contributed by atoms with Crippen molar-refractivity contribution in [3.8, 4) is 5.75 Å². The largest absolute Gasteiger partial charge is 0.493 e. The van der Waals surface area contributed by atoms with Crippen LogP contribution in [0.3, 0.4) is 0 Å². The number of amides is 2. The van der Waals surface area contributed by atoms with Crippen LogP contribution in [0.1, 0.15) is 34.6 Å². The quantitative estimate of drug-likeness (QED) is 0.793. The Balaban J connectivity index is 1.59. The predicted molar refractivity (Wildman–Crippen MR) is 105 cm³/mol. The van der Waals surface area contributed by atoms with E-state index in [1.807, 2.05) is 12.1 Å². The number of nitrogens with zero attached hydrogens (tertiary/aromatic N) is 2. The van der Waals surface area contributed by atoms with Crippen molar-refractivity contribution in [2.75, 3.05) is 32.8 Å². The molecule has 0 N–H and O–H groups in total. The summed E-state index contributed by atoms with van der Waals surface area (Å²) in [5.41, 5.74) is 0.904. The number of rotatable bonds is 5. The summed E-state index contributed by atoms with van der Waals surface area (Å²) in [7, 11) is 0. The zero-order valence-corrected chi connectivity index (χ0v) is 16.2. The van der Waals surface area contributed by atoms with Gasteiger partial charge in [-0.1, -0.05) is 26.0 Å². The highest BCUT2D eigenvalue weighted by molar-refractivity contribution is 5.96. The summed E-state index contributed by atoms with van der Waals surface area (Å²) in [5.74, 6) is 0.366. The molecule has 0 atom stereocenters. The third-order valence-corrected chi connectivity index (χ3v) is 4.59. The van der Waals surface area contributed by atoms with Gasteiger partial charge in [0.1, 0.15) is 11.6 Å². The van der Waals surface area contributed by atoms with Gasteiger partial charge in [0.2, 0.25) is 0 Å². The van der Waals surface area contributed by atoms with Gasteiger partial charge in [-0.2, -0.15) is 0 Å². The Labute approximate surface area is 164 Å². The first-order valence-corrected chi connectivity index (χ1v) is 9.51. The van der Waals surface area contributed by atoms with Crippen LogP contribution in [0, 0.1) is 11.7 Å². The molecule has 2 amide bonds. The summed E-state index contributed by atoms with van der Waals surface area (Å²) in [6.07, 6.45) is 0. The Hall–Kier alpha value is -2.89. The van der Waals surface area contributed by atoms with E-state index in [4.69, 9.17) is 4.74 Å². The van der Waals surface area contributed by atoms with Crippen molar-refractivity contribution in [2.24, 2.45) is 5.92 Å². The maximum Gasteiger partial charge on any atom is 0.254 e. The number of piperazine rings is 1. The van der Waals surface area contributed by atoms with E-state index in [0.717, 1.165) is 0 Å². The van der Waals surface area contributed by atoms with Gasteiger partial charge in [-0.15, -0.1) is 0 Å². The summed E-state index contributed by atoms with van der Waals surface area (Å²) >= 11 is 0. The molecule has 1 heterocycles. The van der Waals surface area contributed by atoms with Gasteiger partial charge in [0.25, 0.3) is 11.8 Å². The van der Waals surface area contributed by atoms with Gasteiger partial charge in [0.05, 0.1) is 6.61 Å². The molecule has 0 unspecified atom stereocenters. The minimum Gasteiger partial charge on any atom is -0.493 e. The number of benzene rings is 2. The molecular formula is C22H25FN2O3. The molecule has 28 heavy (non-hydrogen) atoms. The second-order valence-corrected chi connectivity index (χ2v) is 7.33. The average molecular weight is 384 g/mol. The lowest BCUT2D eigenvalue weighted by Crippen LogP contribution is -2.50. The van der Waals surface area contributed by atoms with Crippen LogP contribution in [0.2, 0.25) is 0 Å². The van der Waals surface area contributed by atoms with E-state index in [1.54, 1.807) is 28.0 Å². The van der Waals surface area contributed by atoms with E-state index in [9.17, 15) is 14.0 Å². The number of carbonyl (C=O) groups excluding carboxylic acids is 2. The minimum absolute atomic E-state index is 0.0761. The Morgan fingerprint density at radius 1 is 0.929 bits per heavy atom. The number of halogens is 1. The summed E-state index contributed by atoms with van der Waals surface area (Å²) in [6, 6.07) is 12.9. The predicted octanol–water partition coefficient (Wildman–Crippen LogP) is 3.46. The highest BCUT2D eigenvalue weighted by Gasteiger charge is 2.25. The Bertz CT molecular complexity index is 845. The average Bonchev–Trinajstić information content (AvgIpc) is 2.71. The second-order valence-electron chi connectivity index (χ2n) is 7.33. The molecule has 5 nitrogen and oxygen atoms in total. The molecule has 148 valence electrons. The molecule has 1 saturated heterocycles. The highest BCUT2D eigenvalue weighted by Crippen LogP contribution is 2.17. The van der Waals surface area contributed by atoms with E-state index in [2.05, 4.69) is 13.8 Å². The van der Waals surface area contributed by atoms with E-state index in [1.165, 1.54) is 18.2 Å². The first-order valence-electron chi connectivity index (χ1n) is 9.51. The molecule has 1 aliphatic heterocycles. The van der Waals surface area contributed by atoms with Crippen LogP contribution in [0.25, 0.3) is 0 Å². The lowest BCUT2D eigenvalue weighted by molar-refractivity contribution is 0.0535. The number of hydrogen-bond donors (Lipinski definition) is 0.